The molecule has 156 valence electrons. The number of ether oxygens (including phenoxy) is 1. The van der Waals surface area contributed by atoms with Crippen molar-refractivity contribution in [1.29, 1.82) is 5.26 Å². The van der Waals surface area contributed by atoms with Crippen LogP contribution in [0, 0.1) is 18.3 Å². The monoisotopic (exact) mass is 426 g/mol. The van der Waals surface area contributed by atoms with Crippen molar-refractivity contribution in [2.24, 2.45) is 0 Å². The lowest BCUT2D eigenvalue weighted by Crippen LogP contribution is -2.14. The Labute approximate surface area is 175 Å². The fourth-order valence-electron chi connectivity index (χ4n) is 3.06. The van der Waals surface area contributed by atoms with Crippen LogP contribution < -0.4 is 5.73 Å². The Morgan fingerprint density at radius 3 is 2.87 bits per heavy atom. The van der Waals surface area contributed by atoms with Gasteiger partial charge in [-0.1, -0.05) is 12.1 Å². The topological polar surface area (TPSA) is 137 Å². The van der Waals surface area contributed by atoms with E-state index in [0.29, 0.717) is 17.1 Å². The summed E-state index contributed by atoms with van der Waals surface area (Å²) in [6.07, 6.45) is 4.91. The SMILES string of the molecule is COCCS(=O)(=O)c1cccc(C(CC#N)n2cc(-c3ncnc(N)c3C)cn2)c1. The van der Waals surface area contributed by atoms with Crippen LogP contribution in [0.25, 0.3) is 11.3 Å². The average Bonchev–Trinajstić information content (AvgIpc) is 3.22. The molecule has 0 aliphatic carbocycles. The number of methoxy groups -OCH3 is 1. The van der Waals surface area contributed by atoms with E-state index in [9.17, 15) is 13.7 Å². The minimum Gasteiger partial charge on any atom is -0.384 e. The first-order valence-electron chi connectivity index (χ1n) is 9.17. The van der Waals surface area contributed by atoms with Gasteiger partial charge in [-0.05, 0) is 24.6 Å². The lowest BCUT2D eigenvalue weighted by molar-refractivity contribution is 0.217. The number of sulfone groups is 1. The summed E-state index contributed by atoms with van der Waals surface area (Å²) in [6.45, 7) is 1.93. The molecule has 0 aliphatic heterocycles. The average molecular weight is 427 g/mol. The van der Waals surface area contributed by atoms with Gasteiger partial charge in [-0.15, -0.1) is 0 Å². The Morgan fingerprint density at radius 1 is 1.33 bits per heavy atom. The number of benzene rings is 1. The summed E-state index contributed by atoms with van der Waals surface area (Å²) in [7, 11) is -2.04. The Kier molecular flexibility index (Phi) is 6.44. The molecule has 0 spiro atoms. The molecule has 0 aliphatic rings. The van der Waals surface area contributed by atoms with Crippen molar-refractivity contribution in [2.75, 3.05) is 25.2 Å². The van der Waals surface area contributed by atoms with E-state index in [1.807, 2.05) is 6.92 Å². The van der Waals surface area contributed by atoms with E-state index in [1.54, 1.807) is 41.3 Å². The van der Waals surface area contributed by atoms with Gasteiger partial charge in [0, 0.05) is 24.4 Å². The van der Waals surface area contributed by atoms with Gasteiger partial charge in [-0.25, -0.2) is 18.4 Å². The third-order valence-electron chi connectivity index (χ3n) is 4.76. The maximum Gasteiger partial charge on any atom is 0.180 e. The summed E-state index contributed by atoms with van der Waals surface area (Å²) < 4.78 is 31.6. The number of rotatable bonds is 8. The third-order valence-corrected chi connectivity index (χ3v) is 6.44. The number of hydrogen-bond donors (Lipinski definition) is 1. The predicted molar refractivity (Wildman–Crippen MR) is 111 cm³/mol. The molecule has 1 aromatic carbocycles. The van der Waals surface area contributed by atoms with Crippen LogP contribution >= 0.6 is 0 Å². The van der Waals surface area contributed by atoms with Gasteiger partial charge in [0.15, 0.2) is 9.84 Å². The van der Waals surface area contributed by atoms with Gasteiger partial charge in [0.25, 0.3) is 0 Å². The zero-order valence-corrected chi connectivity index (χ0v) is 17.5. The Balaban J connectivity index is 1.98. The van der Waals surface area contributed by atoms with Crippen LogP contribution in [0.3, 0.4) is 0 Å². The van der Waals surface area contributed by atoms with Crippen LogP contribution in [-0.2, 0) is 14.6 Å². The molecule has 0 amide bonds. The van der Waals surface area contributed by atoms with Gasteiger partial charge in [-0.2, -0.15) is 10.4 Å². The van der Waals surface area contributed by atoms with Crippen LogP contribution in [0.15, 0.2) is 47.9 Å². The summed E-state index contributed by atoms with van der Waals surface area (Å²) in [5, 5.41) is 13.7. The lowest BCUT2D eigenvalue weighted by atomic mass is 10.0. The smallest absolute Gasteiger partial charge is 0.180 e. The number of aromatic nitrogens is 4. The van der Waals surface area contributed by atoms with Crippen molar-refractivity contribution in [3.63, 3.8) is 0 Å². The Morgan fingerprint density at radius 2 is 2.13 bits per heavy atom. The normalized spacial score (nSPS) is 12.4. The van der Waals surface area contributed by atoms with E-state index < -0.39 is 15.9 Å². The van der Waals surface area contributed by atoms with Crippen LogP contribution in [0.4, 0.5) is 5.82 Å². The largest absolute Gasteiger partial charge is 0.384 e. The van der Waals surface area contributed by atoms with E-state index in [-0.39, 0.29) is 23.7 Å². The van der Waals surface area contributed by atoms with Crippen LogP contribution in [-0.4, -0.2) is 47.6 Å². The van der Waals surface area contributed by atoms with Crippen molar-refractivity contribution in [3.05, 3.63) is 54.1 Å². The molecule has 1 unspecified atom stereocenters. The standard InChI is InChI=1S/C20H22N6O3S/c1-14-19(23-13-24-20(14)22)16-11-25-26(12-16)18(6-7-21)15-4-3-5-17(10-15)30(27,28)9-8-29-2/h3-5,10-13,18H,6,8-9H2,1-2H3,(H2,22,23,24). The molecule has 9 nitrogen and oxygen atoms in total. The molecule has 2 N–H and O–H groups in total. The van der Waals surface area contributed by atoms with Crippen LogP contribution in [0.1, 0.15) is 23.6 Å². The predicted octanol–water partition coefficient (Wildman–Crippen LogP) is 2.15. The van der Waals surface area contributed by atoms with E-state index >= 15 is 0 Å². The molecule has 2 heterocycles. The quantitative estimate of drug-likeness (QED) is 0.578. The van der Waals surface area contributed by atoms with Gasteiger partial charge in [0.05, 0.1) is 47.7 Å². The van der Waals surface area contributed by atoms with Gasteiger partial charge >= 0.3 is 0 Å². The highest BCUT2D eigenvalue weighted by molar-refractivity contribution is 7.91. The van der Waals surface area contributed by atoms with E-state index in [2.05, 4.69) is 21.1 Å². The third kappa shape index (κ3) is 4.48. The van der Waals surface area contributed by atoms with E-state index in [0.717, 1.165) is 11.1 Å². The Bertz CT molecular complexity index is 1180. The molecule has 10 heteroatoms. The molecule has 2 aromatic heterocycles. The number of nitriles is 1. The second-order valence-corrected chi connectivity index (χ2v) is 8.81. The highest BCUT2D eigenvalue weighted by atomic mass is 32.2. The molecule has 3 aromatic rings. The van der Waals surface area contributed by atoms with Crippen molar-refractivity contribution in [3.8, 4) is 17.3 Å². The summed E-state index contributed by atoms with van der Waals surface area (Å²) in [6, 6.07) is 8.27. The number of nitrogens with zero attached hydrogens (tertiary/aromatic N) is 5. The molecule has 0 saturated heterocycles. The number of anilines is 1. The summed E-state index contributed by atoms with van der Waals surface area (Å²) in [5.74, 6) is 0.270. The molecule has 1 atom stereocenters. The first-order chi connectivity index (χ1) is 14.4. The van der Waals surface area contributed by atoms with Crippen molar-refractivity contribution in [1.82, 2.24) is 19.7 Å². The first kappa shape index (κ1) is 21.4. The molecule has 0 radical (unpaired) electrons. The molecule has 0 saturated carbocycles. The highest BCUT2D eigenvalue weighted by Crippen LogP contribution is 2.28. The van der Waals surface area contributed by atoms with Gasteiger partial charge < -0.3 is 10.5 Å². The van der Waals surface area contributed by atoms with Gasteiger partial charge in [0.1, 0.15) is 12.1 Å². The first-order valence-corrected chi connectivity index (χ1v) is 10.8. The molecular weight excluding hydrogens is 404 g/mol. The number of nitrogen functional groups attached to an aromatic ring is 1. The number of hydrogen-bond acceptors (Lipinski definition) is 8. The fraction of sp³-hybridized carbons (Fsp3) is 0.300. The molecular formula is C20H22N6O3S. The maximum absolute atomic E-state index is 12.5. The van der Waals surface area contributed by atoms with Crippen LogP contribution in [0.2, 0.25) is 0 Å². The minimum atomic E-state index is -3.49. The zero-order chi connectivity index (χ0) is 21.7. The van der Waals surface area contributed by atoms with Crippen molar-refractivity contribution in [2.45, 2.75) is 24.3 Å². The minimum absolute atomic E-state index is 0.109. The second kappa shape index (κ2) is 9.02. The van der Waals surface area contributed by atoms with E-state index in [4.69, 9.17) is 10.5 Å². The van der Waals surface area contributed by atoms with Gasteiger partial charge in [-0.3, -0.25) is 4.68 Å². The van der Waals surface area contributed by atoms with Crippen molar-refractivity contribution < 1.29 is 13.2 Å². The Hall–Kier alpha value is -3.29. The molecule has 0 bridgehead atoms. The van der Waals surface area contributed by atoms with E-state index in [1.165, 1.54) is 13.4 Å². The molecule has 3 rings (SSSR count). The van der Waals surface area contributed by atoms with Crippen LogP contribution in [0.5, 0.6) is 0 Å². The fourth-order valence-corrected chi connectivity index (χ4v) is 4.29. The highest BCUT2D eigenvalue weighted by Gasteiger charge is 2.20. The molecule has 30 heavy (non-hydrogen) atoms. The maximum atomic E-state index is 12.5. The summed E-state index contributed by atoms with van der Waals surface area (Å²) >= 11 is 0. The molecule has 0 fully saturated rings. The summed E-state index contributed by atoms with van der Waals surface area (Å²) in [4.78, 5) is 8.43. The number of nitrogens with two attached hydrogens (primary N) is 1. The second-order valence-electron chi connectivity index (χ2n) is 6.70. The summed E-state index contributed by atoms with van der Waals surface area (Å²) in [5.41, 5.74) is 8.66. The van der Waals surface area contributed by atoms with Gasteiger partial charge in [0.2, 0.25) is 0 Å². The van der Waals surface area contributed by atoms with Crippen molar-refractivity contribution >= 4 is 15.7 Å². The zero-order valence-electron chi connectivity index (χ0n) is 16.7. The lowest BCUT2D eigenvalue weighted by Gasteiger charge is -2.16.